The summed E-state index contributed by atoms with van der Waals surface area (Å²) in [4.78, 5) is 40.6. The second-order valence-electron chi connectivity index (χ2n) is 12.8. The van der Waals surface area contributed by atoms with E-state index in [9.17, 15) is 23.2 Å². The predicted octanol–water partition coefficient (Wildman–Crippen LogP) is 6.11. The molecule has 2 heterocycles. The van der Waals surface area contributed by atoms with E-state index in [0.29, 0.717) is 31.4 Å². The van der Waals surface area contributed by atoms with Crippen LogP contribution in [0.4, 0.5) is 22.8 Å². The number of halogens is 3. The monoisotopic (exact) mass is 613 g/mol. The van der Waals surface area contributed by atoms with Crippen LogP contribution in [0.2, 0.25) is 0 Å². The van der Waals surface area contributed by atoms with Crippen LogP contribution < -0.4 is 10.1 Å². The number of piperidine rings is 1. The maximum Gasteiger partial charge on any atom is 0.410 e. The first-order valence-corrected chi connectivity index (χ1v) is 15.1. The standard InChI is InChI=1S/C31H46F3N3O6/c1-20(2)42-29(40)36-14-11-22(12-15-36)8-7-17-41-23-9-10-24(25(32)18-23)21(3)26(35-28(39)43-30(4,5)6)27(38)37-16-13-31(33,34)19-37/h9-10,18,20-22,26H,7-8,11-17,19H2,1-6H3,(H,35,39). The Kier molecular flexibility index (Phi) is 11.6. The van der Waals surface area contributed by atoms with Gasteiger partial charge in [0.05, 0.1) is 19.3 Å². The van der Waals surface area contributed by atoms with Crippen LogP contribution in [0.1, 0.15) is 85.1 Å². The molecule has 1 aromatic carbocycles. The van der Waals surface area contributed by atoms with Gasteiger partial charge in [-0.2, -0.15) is 0 Å². The number of ether oxygens (including phenoxy) is 3. The summed E-state index contributed by atoms with van der Waals surface area (Å²) in [5, 5.41) is 2.48. The maximum absolute atomic E-state index is 15.3. The molecule has 1 N–H and O–H groups in total. The molecule has 3 rings (SSSR count). The minimum absolute atomic E-state index is 0.135. The summed E-state index contributed by atoms with van der Waals surface area (Å²) in [5.41, 5.74) is -0.722. The zero-order valence-corrected chi connectivity index (χ0v) is 26.1. The van der Waals surface area contributed by atoms with E-state index >= 15 is 4.39 Å². The van der Waals surface area contributed by atoms with E-state index in [0.717, 1.165) is 30.6 Å². The molecule has 2 aliphatic heterocycles. The smallest absolute Gasteiger partial charge is 0.410 e. The van der Waals surface area contributed by atoms with Crippen molar-refractivity contribution in [3.8, 4) is 5.75 Å². The Morgan fingerprint density at radius 3 is 2.30 bits per heavy atom. The van der Waals surface area contributed by atoms with Crippen molar-refractivity contribution in [2.24, 2.45) is 5.92 Å². The highest BCUT2D eigenvalue weighted by Gasteiger charge is 2.44. The Labute approximate surface area is 252 Å². The molecule has 2 unspecified atom stereocenters. The number of rotatable bonds is 10. The van der Waals surface area contributed by atoms with Crippen molar-refractivity contribution >= 4 is 18.1 Å². The highest BCUT2D eigenvalue weighted by molar-refractivity contribution is 5.87. The molecule has 0 bridgehead atoms. The Bertz CT molecular complexity index is 1120. The summed E-state index contributed by atoms with van der Waals surface area (Å²) in [6.45, 7) is 11.0. The van der Waals surface area contributed by atoms with Gasteiger partial charge >= 0.3 is 12.2 Å². The SMILES string of the molecule is CC(C)OC(=O)N1CCC(CCCOc2ccc(C(C)C(NC(=O)OC(C)(C)C)C(=O)N3CCC(F)(F)C3)c(F)c2)CC1. The van der Waals surface area contributed by atoms with Gasteiger partial charge in [0.25, 0.3) is 5.92 Å². The lowest BCUT2D eigenvalue weighted by atomic mass is 9.91. The Morgan fingerprint density at radius 1 is 1.07 bits per heavy atom. The van der Waals surface area contributed by atoms with Gasteiger partial charge in [0, 0.05) is 38.0 Å². The average molecular weight is 614 g/mol. The highest BCUT2D eigenvalue weighted by Crippen LogP contribution is 2.31. The molecule has 43 heavy (non-hydrogen) atoms. The van der Waals surface area contributed by atoms with Gasteiger partial charge in [-0.15, -0.1) is 0 Å². The number of alkyl carbamates (subject to hydrolysis) is 1. The minimum Gasteiger partial charge on any atom is -0.493 e. The van der Waals surface area contributed by atoms with Crippen molar-refractivity contribution in [1.29, 1.82) is 0 Å². The fourth-order valence-electron chi connectivity index (χ4n) is 5.34. The Balaban J connectivity index is 1.56. The quantitative estimate of drug-likeness (QED) is 0.320. The molecule has 0 aliphatic carbocycles. The van der Waals surface area contributed by atoms with Crippen molar-refractivity contribution in [2.75, 3.05) is 32.8 Å². The Morgan fingerprint density at radius 2 is 1.74 bits per heavy atom. The normalized spacial score (nSPS) is 18.7. The van der Waals surface area contributed by atoms with Crippen molar-refractivity contribution in [3.63, 3.8) is 0 Å². The number of carbonyl (C=O) groups excluding carboxylic acids is 3. The largest absolute Gasteiger partial charge is 0.493 e. The van der Waals surface area contributed by atoms with E-state index in [4.69, 9.17) is 14.2 Å². The predicted molar refractivity (Wildman–Crippen MR) is 155 cm³/mol. The lowest BCUT2D eigenvalue weighted by Gasteiger charge is -2.31. The summed E-state index contributed by atoms with van der Waals surface area (Å²) in [6.07, 6.45) is 1.67. The molecule has 2 fully saturated rings. The zero-order valence-electron chi connectivity index (χ0n) is 26.1. The average Bonchev–Trinajstić information content (AvgIpc) is 3.27. The molecule has 1 aromatic rings. The van der Waals surface area contributed by atoms with Crippen LogP contribution in [0.5, 0.6) is 5.75 Å². The molecule has 2 saturated heterocycles. The highest BCUT2D eigenvalue weighted by atomic mass is 19.3. The van der Waals surface area contributed by atoms with Crippen LogP contribution >= 0.6 is 0 Å². The third-order valence-corrected chi connectivity index (χ3v) is 7.62. The maximum atomic E-state index is 15.3. The van der Waals surface area contributed by atoms with Crippen LogP contribution in [-0.2, 0) is 14.3 Å². The number of likely N-dealkylation sites (tertiary alicyclic amines) is 2. The van der Waals surface area contributed by atoms with Crippen molar-refractivity contribution in [1.82, 2.24) is 15.1 Å². The number of nitrogens with one attached hydrogen (secondary N) is 1. The summed E-state index contributed by atoms with van der Waals surface area (Å²) in [6, 6.07) is 2.98. The van der Waals surface area contributed by atoms with Crippen LogP contribution in [0.3, 0.4) is 0 Å². The number of hydrogen-bond donors (Lipinski definition) is 1. The van der Waals surface area contributed by atoms with E-state index in [1.165, 1.54) is 12.1 Å². The first kappa shape index (κ1) is 34.3. The van der Waals surface area contributed by atoms with E-state index in [-0.39, 0.29) is 24.3 Å². The second kappa shape index (κ2) is 14.5. The van der Waals surface area contributed by atoms with Gasteiger partial charge in [0.1, 0.15) is 23.2 Å². The zero-order chi connectivity index (χ0) is 31.9. The molecule has 0 aromatic heterocycles. The van der Waals surface area contributed by atoms with E-state index in [2.05, 4.69) is 5.32 Å². The van der Waals surface area contributed by atoms with Crippen molar-refractivity contribution < 1.29 is 41.8 Å². The summed E-state index contributed by atoms with van der Waals surface area (Å²) < 4.78 is 59.3. The molecule has 9 nitrogen and oxygen atoms in total. The van der Waals surface area contributed by atoms with E-state index < -0.39 is 54.3 Å². The number of benzene rings is 1. The van der Waals surface area contributed by atoms with Crippen molar-refractivity contribution in [3.05, 3.63) is 29.6 Å². The first-order valence-electron chi connectivity index (χ1n) is 15.1. The molecule has 12 heteroatoms. The third-order valence-electron chi connectivity index (χ3n) is 7.62. The van der Waals surface area contributed by atoms with Gasteiger partial charge in [0.2, 0.25) is 5.91 Å². The molecule has 0 spiro atoms. The van der Waals surface area contributed by atoms with Gasteiger partial charge in [-0.1, -0.05) is 13.0 Å². The lowest BCUT2D eigenvalue weighted by molar-refractivity contribution is -0.134. The minimum atomic E-state index is -3.02. The van der Waals surface area contributed by atoms with Crippen LogP contribution in [0.15, 0.2) is 18.2 Å². The van der Waals surface area contributed by atoms with Crippen LogP contribution in [0, 0.1) is 11.7 Å². The summed E-state index contributed by atoms with van der Waals surface area (Å²) in [5.74, 6) is -4.47. The third kappa shape index (κ3) is 10.5. The number of amides is 3. The lowest BCUT2D eigenvalue weighted by Crippen LogP contribution is -2.52. The van der Waals surface area contributed by atoms with Crippen LogP contribution in [-0.4, -0.2) is 84.3 Å². The molecular weight excluding hydrogens is 567 g/mol. The Hall–Kier alpha value is -3.18. The number of carbonyl (C=O) groups is 3. The van der Waals surface area contributed by atoms with Gasteiger partial charge in [-0.05, 0) is 77.8 Å². The van der Waals surface area contributed by atoms with Crippen molar-refractivity contribution in [2.45, 2.75) is 103 Å². The van der Waals surface area contributed by atoms with Crippen LogP contribution in [0.25, 0.3) is 0 Å². The molecule has 3 amide bonds. The fourth-order valence-corrected chi connectivity index (χ4v) is 5.34. The molecule has 242 valence electrons. The van der Waals surface area contributed by atoms with E-state index in [1.807, 2.05) is 13.8 Å². The molecule has 2 atom stereocenters. The second-order valence-corrected chi connectivity index (χ2v) is 12.8. The van der Waals surface area contributed by atoms with Gasteiger partial charge in [0.15, 0.2) is 0 Å². The van der Waals surface area contributed by atoms with Gasteiger partial charge < -0.3 is 29.3 Å². The number of hydrogen-bond acceptors (Lipinski definition) is 6. The number of nitrogens with zero attached hydrogens (tertiary/aromatic N) is 2. The van der Waals surface area contributed by atoms with Gasteiger partial charge in [-0.3, -0.25) is 4.79 Å². The number of alkyl halides is 2. The van der Waals surface area contributed by atoms with Gasteiger partial charge in [-0.25, -0.2) is 22.8 Å². The topological polar surface area (TPSA) is 97.4 Å². The molecular formula is C31H46F3N3O6. The summed E-state index contributed by atoms with van der Waals surface area (Å²) >= 11 is 0. The molecule has 0 radical (unpaired) electrons. The van der Waals surface area contributed by atoms with E-state index in [1.54, 1.807) is 38.7 Å². The first-order chi connectivity index (χ1) is 20.0. The summed E-state index contributed by atoms with van der Waals surface area (Å²) in [7, 11) is 0. The fraction of sp³-hybridized carbons (Fsp3) is 0.710. The molecule has 0 saturated carbocycles. The molecule has 2 aliphatic rings.